The van der Waals surface area contributed by atoms with Gasteiger partial charge in [0.2, 0.25) is 11.8 Å². The van der Waals surface area contributed by atoms with Crippen LogP contribution >= 0.6 is 0 Å². The van der Waals surface area contributed by atoms with Crippen molar-refractivity contribution in [2.45, 2.75) is 52.7 Å². The van der Waals surface area contributed by atoms with Gasteiger partial charge >= 0.3 is 12.1 Å². The zero-order valence-electron chi connectivity index (χ0n) is 19.1. The average molecular weight is 436 g/mol. The number of amides is 3. The van der Waals surface area contributed by atoms with E-state index in [1.165, 1.54) is 11.9 Å². The van der Waals surface area contributed by atoms with Crippen LogP contribution in [0.4, 0.5) is 4.79 Å². The number of alkyl carbamates (subject to hydrolysis) is 1. The van der Waals surface area contributed by atoms with Gasteiger partial charge in [0.05, 0.1) is 13.0 Å². The number of ether oxygens (including phenoxy) is 2. The number of carbonyl (C=O) groups is 4. The molecular weight excluding hydrogens is 402 g/mol. The van der Waals surface area contributed by atoms with E-state index in [1.807, 2.05) is 13.0 Å². The topological polar surface area (TPSA) is 114 Å². The van der Waals surface area contributed by atoms with Gasteiger partial charge in [-0.25, -0.2) is 4.79 Å². The number of carbonyl (C=O) groups excluding carboxylic acids is 4. The maximum absolute atomic E-state index is 12.9. The molecule has 0 saturated carbocycles. The van der Waals surface area contributed by atoms with Gasteiger partial charge in [-0.1, -0.05) is 29.8 Å². The first-order chi connectivity index (χ1) is 14.4. The molecule has 0 radical (unpaired) electrons. The van der Waals surface area contributed by atoms with Crippen LogP contribution in [-0.4, -0.2) is 61.1 Å². The van der Waals surface area contributed by atoms with E-state index in [4.69, 9.17) is 9.47 Å². The third-order valence-corrected chi connectivity index (χ3v) is 4.10. The fraction of sp³-hybridized carbons (Fsp3) is 0.545. The number of benzene rings is 1. The minimum Gasteiger partial charge on any atom is -0.466 e. The average Bonchev–Trinajstić information content (AvgIpc) is 2.65. The Labute approximate surface area is 183 Å². The highest BCUT2D eigenvalue weighted by Crippen LogP contribution is 2.21. The Morgan fingerprint density at radius 1 is 1.13 bits per heavy atom. The molecule has 1 aromatic carbocycles. The minimum absolute atomic E-state index is 0.0258. The van der Waals surface area contributed by atoms with Gasteiger partial charge in [0.1, 0.15) is 18.2 Å². The monoisotopic (exact) mass is 435 g/mol. The van der Waals surface area contributed by atoms with E-state index in [0.717, 1.165) is 5.56 Å². The maximum atomic E-state index is 12.9. The molecule has 3 amide bonds. The third kappa shape index (κ3) is 9.50. The Bertz CT molecular complexity index is 788. The van der Waals surface area contributed by atoms with Crippen LogP contribution in [0.2, 0.25) is 0 Å². The lowest BCUT2D eigenvalue weighted by Crippen LogP contribution is -2.46. The molecule has 31 heavy (non-hydrogen) atoms. The number of aryl methyl sites for hydroxylation is 1. The molecule has 1 unspecified atom stereocenters. The van der Waals surface area contributed by atoms with Gasteiger partial charge in [0.15, 0.2) is 0 Å². The zero-order chi connectivity index (χ0) is 23.6. The molecule has 0 bridgehead atoms. The lowest BCUT2D eigenvalue weighted by atomic mass is 10.0. The highest BCUT2D eigenvalue weighted by atomic mass is 16.6. The van der Waals surface area contributed by atoms with E-state index in [0.29, 0.717) is 5.56 Å². The summed E-state index contributed by atoms with van der Waals surface area (Å²) >= 11 is 0. The Kier molecular flexibility index (Phi) is 9.98. The lowest BCUT2D eigenvalue weighted by molar-refractivity contribution is -0.143. The second-order valence-corrected chi connectivity index (χ2v) is 8.02. The van der Waals surface area contributed by atoms with E-state index < -0.39 is 35.5 Å². The summed E-state index contributed by atoms with van der Waals surface area (Å²) in [6.45, 7) is 8.75. The van der Waals surface area contributed by atoms with Crippen molar-refractivity contribution in [1.82, 2.24) is 15.5 Å². The number of rotatable bonds is 9. The first-order valence-corrected chi connectivity index (χ1v) is 10.2. The Morgan fingerprint density at radius 2 is 1.81 bits per heavy atom. The van der Waals surface area contributed by atoms with Crippen LogP contribution in [0.3, 0.4) is 0 Å². The van der Waals surface area contributed by atoms with Gasteiger partial charge in [-0.05, 0) is 40.2 Å². The summed E-state index contributed by atoms with van der Waals surface area (Å²) in [5.74, 6) is -1.33. The Morgan fingerprint density at radius 3 is 2.39 bits per heavy atom. The molecule has 0 aliphatic carbocycles. The second kappa shape index (κ2) is 11.9. The largest absolute Gasteiger partial charge is 0.466 e. The smallest absolute Gasteiger partial charge is 0.408 e. The molecule has 1 atom stereocenters. The first kappa shape index (κ1) is 25.9. The summed E-state index contributed by atoms with van der Waals surface area (Å²) in [7, 11) is 1.48. The summed E-state index contributed by atoms with van der Waals surface area (Å²) in [5.41, 5.74) is 0.846. The van der Waals surface area contributed by atoms with E-state index in [-0.39, 0.29) is 26.1 Å². The quantitative estimate of drug-likeness (QED) is 0.574. The van der Waals surface area contributed by atoms with Crippen molar-refractivity contribution in [3.8, 4) is 0 Å². The number of nitrogens with one attached hydrogen (secondary N) is 2. The molecule has 0 aromatic heterocycles. The summed E-state index contributed by atoms with van der Waals surface area (Å²) in [6, 6.07) is 6.29. The standard InChI is InChI=1S/C22H33N3O6/c1-7-30-18(27)11-12-23-20(28)19(16-10-8-9-15(2)13-16)25(6)17(26)14-24-21(29)31-22(3,4)5/h8-10,13,19H,7,11-12,14H2,1-6H3,(H,23,28)(H,24,29). The van der Waals surface area contributed by atoms with Crippen molar-refractivity contribution in [2.75, 3.05) is 26.7 Å². The lowest BCUT2D eigenvalue weighted by Gasteiger charge is -2.28. The zero-order valence-corrected chi connectivity index (χ0v) is 19.1. The number of hydrogen-bond acceptors (Lipinski definition) is 6. The molecule has 9 nitrogen and oxygen atoms in total. The highest BCUT2D eigenvalue weighted by molar-refractivity contribution is 5.90. The molecule has 172 valence electrons. The SMILES string of the molecule is CCOC(=O)CCNC(=O)C(c1cccc(C)c1)N(C)C(=O)CNC(=O)OC(C)(C)C. The van der Waals surface area contributed by atoms with Crippen LogP contribution in [0.5, 0.6) is 0 Å². The Balaban J connectivity index is 2.87. The van der Waals surface area contributed by atoms with Gasteiger partial charge in [-0.2, -0.15) is 0 Å². The maximum Gasteiger partial charge on any atom is 0.408 e. The minimum atomic E-state index is -0.935. The van der Waals surface area contributed by atoms with Crippen LogP contribution in [0.1, 0.15) is 51.3 Å². The molecule has 0 heterocycles. The fourth-order valence-electron chi connectivity index (χ4n) is 2.74. The normalized spacial score (nSPS) is 11.8. The number of likely N-dealkylation sites (N-methyl/N-ethyl adjacent to an activating group) is 1. The number of hydrogen-bond donors (Lipinski definition) is 2. The predicted octanol–water partition coefficient (Wildman–Crippen LogP) is 2.09. The van der Waals surface area contributed by atoms with Crippen LogP contribution in [0.25, 0.3) is 0 Å². The molecule has 1 rings (SSSR count). The first-order valence-electron chi connectivity index (χ1n) is 10.2. The molecule has 1 aromatic rings. The van der Waals surface area contributed by atoms with Crippen LogP contribution in [0, 0.1) is 6.92 Å². The molecule has 0 spiro atoms. The molecule has 0 aliphatic rings. The van der Waals surface area contributed by atoms with Crippen LogP contribution in [0.15, 0.2) is 24.3 Å². The van der Waals surface area contributed by atoms with E-state index in [2.05, 4.69) is 10.6 Å². The van der Waals surface area contributed by atoms with Gasteiger partial charge in [0, 0.05) is 13.6 Å². The van der Waals surface area contributed by atoms with Crippen molar-refractivity contribution >= 4 is 23.9 Å². The summed E-state index contributed by atoms with van der Waals surface area (Å²) in [5, 5.41) is 5.08. The van der Waals surface area contributed by atoms with E-state index in [9.17, 15) is 19.2 Å². The van der Waals surface area contributed by atoms with Crippen molar-refractivity contribution in [3.05, 3.63) is 35.4 Å². The summed E-state index contributed by atoms with van der Waals surface area (Å²) in [4.78, 5) is 50.2. The Hall–Kier alpha value is -3.10. The van der Waals surface area contributed by atoms with Crippen LogP contribution in [-0.2, 0) is 23.9 Å². The van der Waals surface area contributed by atoms with Gasteiger partial charge in [0.25, 0.3) is 0 Å². The predicted molar refractivity (Wildman–Crippen MR) is 115 cm³/mol. The van der Waals surface area contributed by atoms with E-state index >= 15 is 0 Å². The molecule has 2 N–H and O–H groups in total. The van der Waals surface area contributed by atoms with Crippen molar-refractivity contribution in [1.29, 1.82) is 0 Å². The fourth-order valence-corrected chi connectivity index (χ4v) is 2.74. The van der Waals surface area contributed by atoms with Crippen molar-refractivity contribution < 1.29 is 28.7 Å². The van der Waals surface area contributed by atoms with Gasteiger partial charge in [-0.15, -0.1) is 0 Å². The number of nitrogens with zero attached hydrogens (tertiary/aromatic N) is 1. The third-order valence-electron chi connectivity index (χ3n) is 4.10. The summed E-state index contributed by atoms with van der Waals surface area (Å²) < 4.78 is 9.98. The molecule has 0 saturated heterocycles. The molecule has 9 heteroatoms. The summed E-state index contributed by atoms with van der Waals surface area (Å²) in [6.07, 6.45) is -0.696. The molecule has 0 fully saturated rings. The molecule has 0 aliphatic heterocycles. The molecular formula is C22H33N3O6. The highest BCUT2D eigenvalue weighted by Gasteiger charge is 2.29. The van der Waals surface area contributed by atoms with Crippen molar-refractivity contribution in [2.24, 2.45) is 0 Å². The van der Waals surface area contributed by atoms with Gasteiger partial charge in [-0.3, -0.25) is 14.4 Å². The van der Waals surface area contributed by atoms with Gasteiger partial charge < -0.3 is 25.0 Å². The number of esters is 1. The van der Waals surface area contributed by atoms with E-state index in [1.54, 1.807) is 45.9 Å². The van der Waals surface area contributed by atoms with Crippen molar-refractivity contribution in [3.63, 3.8) is 0 Å². The second-order valence-electron chi connectivity index (χ2n) is 8.02. The van der Waals surface area contributed by atoms with Crippen LogP contribution < -0.4 is 10.6 Å².